The van der Waals surface area contributed by atoms with E-state index in [-0.39, 0.29) is 11.9 Å². The third-order valence-corrected chi connectivity index (χ3v) is 2.02. The quantitative estimate of drug-likeness (QED) is 0.383. The molecule has 0 rings (SSSR count). The third kappa shape index (κ3) is 7.00. The van der Waals surface area contributed by atoms with E-state index in [1.54, 1.807) is 18.9 Å². The number of amides is 1. The Bertz CT molecular complexity index is 264. The molecule has 0 saturated heterocycles. The molecule has 0 atom stereocenters. The van der Waals surface area contributed by atoms with Crippen LogP contribution in [0.4, 0.5) is 0 Å². The van der Waals surface area contributed by atoms with Crippen molar-refractivity contribution in [1.29, 1.82) is 0 Å². The topological polar surface area (TPSA) is 58.6 Å². The number of esters is 1. The molecule has 0 bridgehead atoms. The summed E-state index contributed by atoms with van der Waals surface area (Å²) >= 11 is 0. The van der Waals surface area contributed by atoms with Crippen LogP contribution in [0.2, 0.25) is 0 Å². The summed E-state index contributed by atoms with van der Waals surface area (Å²) in [5.74, 6) is -0.335. The molecule has 5 nitrogen and oxygen atoms in total. The molecule has 0 aliphatic rings. The molecule has 92 valence electrons. The minimum Gasteiger partial charge on any atom is -0.461 e. The number of carbonyl (C=O) groups excluding carboxylic acids is 2. The Morgan fingerprint density at radius 1 is 1.31 bits per heavy atom. The number of nitrogens with one attached hydrogen (secondary N) is 1. The zero-order chi connectivity index (χ0) is 12.6. The van der Waals surface area contributed by atoms with Crippen molar-refractivity contribution in [3.63, 3.8) is 0 Å². The number of hydrogen-bond donors (Lipinski definition) is 1. The summed E-state index contributed by atoms with van der Waals surface area (Å²) in [5.41, 5.74) is 0.399. The van der Waals surface area contributed by atoms with Crippen molar-refractivity contribution in [2.45, 2.75) is 13.8 Å². The van der Waals surface area contributed by atoms with Gasteiger partial charge in [0.25, 0.3) is 0 Å². The highest BCUT2D eigenvalue weighted by atomic mass is 16.5. The van der Waals surface area contributed by atoms with E-state index in [1.807, 2.05) is 0 Å². The molecule has 0 aliphatic carbocycles. The van der Waals surface area contributed by atoms with Gasteiger partial charge in [0, 0.05) is 39.2 Å². The van der Waals surface area contributed by atoms with Crippen LogP contribution in [0.5, 0.6) is 0 Å². The van der Waals surface area contributed by atoms with Crippen LogP contribution < -0.4 is 5.32 Å². The number of ether oxygens (including phenoxy) is 1. The van der Waals surface area contributed by atoms with Crippen LogP contribution in [-0.2, 0) is 14.3 Å². The molecule has 0 spiro atoms. The Balaban J connectivity index is 3.38. The molecule has 0 saturated carbocycles. The molecule has 1 amide bonds. The highest BCUT2D eigenvalue weighted by molar-refractivity contribution is 5.86. The Labute approximate surface area is 96.4 Å². The van der Waals surface area contributed by atoms with Crippen LogP contribution in [0.25, 0.3) is 0 Å². The van der Waals surface area contributed by atoms with Crippen molar-refractivity contribution in [2.24, 2.45) is 0 Å². The van der Waals surface area contributed by atoms with Gasteiger partial charge < -0.3 is 15.0 Å². The number of rotatable bonds is 7. The van der Waals surface area contributed by atoms with Crippen LogP contribution in [0.15, 0.2) is 12.2 Å². The van der Waals surface area contributed by atoms with Gasteiger partial charge in [0.1, 0.15) is 6.61 Å². The average molecular weight is 228 g/mol. The largest absolute Gasteiger partial charge is 0.461 e. The Kier molecular flexibility index (Phi) is 7.20. The zero-order valence-corrected chi connectivity index (χ0v) is 10.2. The summed E-state index contributed by atoms with van der Waals surface area (Å²) in [6.07, 6.45) is 0. The van der Waals surface area contributed by atoms with Gasteiger partial charge >= 0.3 is 5.97 Å². The van der Waals surface area contributed by atoms with Crippen molar-refractivity contribution in [1.82, 2.24) is 10.2 Å². The second kappa shape index (κ2) is 7.87. The van der Waals surface area contributed by atoms with Crippen LogP contribution >= 0.6 is 0 Å². The molecular formula is C11H20N2O3. The first-order chi connectivity index (χ1) is 7.45. The van der Waals surface area contributed by atoms with Crippen molar-refractivity contribution >= 4 is 11.9 Å². The van der Waals surface area contributed by atoms with Gasteiger partial charge in [-0.3, -0.25) is 4.79 Å². The molecule has 5 heteroatoms. The van der Waals surface area contributed by atoms with E-state index in [0.29, 0.717) is 31.8 Å². The van der Waals surface area contributed by atoms with E-state index >= 15 is 0 Å². The SMILES string of the molecule is C=C(C)C(=O)OCCNCCN(C)C(C)=O. The lowest BCUT2D eigenvalue weighted by Crippen LogP contribution is -2.33. The van der Waals surface area contributed by atoms with Crippen molar-refractivity contribution in [3.8, 4) is 0 Å². The monoisotopic (exact) mass is 228 g/mol. The second-order valence-electron chi connectivity index (χ2n) is 3.61. The van der Waals surface area contributed by atoms with E-state index in [4.69, 9.17) is 4.74 Å². The molecule has 0 radical (unpaired) electrons. The van der Waals surface area contributed by atoms with Gasteiger partial charge in [-0.1, -0.05) is 6.58 Å². The van der Waals surface area contributed by atoms with Crippen molar-refractivity contribution in [2.75, 3.05) is 33.3 Å². The normalized spacial score (nSPS) is 9.69. The lowest BCUT2D eigenvalue weighted by atomic mass is 10.4. The summed E-state index contributed by atoms with van der Waals surface area (Å²) in [6.45, 7) is 8.82. The number of likely N-dealkylation sites (N-methyl/N-ethyl adjacent to an activating group) is 1. The van der Waals surface area contributed by atoms with E-state index < -0.39 is 0 Å². The molecule has 0 heterocycles. The van der Waals surface area contributed by atoms with Gasteiger partial charge in [0.15, 0.2) is 0 Å². The van der Waals surface area contributed by atoms with Crippen LogP contribution in [0.3, 0.4) is 0 Å². The predicted molar refractivity (Wildman–Crippen MR) is 62.0 cm³/mol. The zero-order valence-electron chi connectivity index (χ0n) is 10.2. The number of hydrogen-bond acceptors (Lipinski definition) is 4. The molecule has 0 fully saturated rings. The highest BCUT2D eigenvalue weighted by Gasteiger charge is 2.02. The molecule has 16 heavy (non-hydrogen) atoms. The first-order valence-electron chi connectivity index (χ1n) is 5.20. The number of nitrogens with zero attached hydrogens (tertiary/aromatic N) is 1. The van der Waals surface area contributed by atoms with Crippen LogP contribution in [0.1, 0.15) is 13.8 Å². The van der Waals surface area contributed by atoms with Gasteiger partial charge in [-0.25, -0.2) is 4.79 Å². The molecule has 0 aromatic rings. The molecule has 0 aromatic heterocycles. The maximum absolute atomic E-state index is 11.0. The van der Waals surface area contributed by atoms with Gasteiger partial charge in [-0.15, -0.1) is 0 Å². The van der Waals surface area contributed by atoms with Crippen molar-refractivity contribution < 1.29 is 14.3 Å². The second-order valence-corrected chi connectivity index (χ2v) is 3.61. The molecule has 0 aromatic carbocycles. The summed E-state index contributed by atoms with van der Waals surface area (Å²) < 4.78 is 4.88. The maximum Gasteiger partial charge on any atom is 0.333 e. The van der Waals surface area contributed by atoms with E-state index in [0.717, 1.165) is 0 Å². The fraction of sp³-hybridized carbons (Fsp3) is 0.636. The van der Waals surface area contributed by atoms with Gasteiger partial charge in [0.2, 0.25) is 5.91 Å². The fourth-order valence-corrected chi connectivity index (χ4v) is 0.868. The fourth-order valence-electron chi connectivity index (χ4n) is 0.868. The summed E-state index contributed by atoms with van der Waals surface area (Å²) in [6, 6.07) is 0. The smallest absolute Gasteiger partial charge is 0.333 e. The standard InChI is InChI=1S/C11H20N2O3/c1-9(2)11(15)16-8-6-12-5-7-13(4)10(3)14/h12H,1,5-8H2,2-4H3. The first-order valence-corrected chi connectivity index (χ1v) is 5.20. The van der Waals surface area contributed by atoms with E-state index in [9.17, 15) is 9.59 Å². The Hall–Kier alpha value is -1.36. The molecular weight excluding hydrogens is 208 g/mol. The van der Waals surface area contributed by atoms with Gasteiger partial charge in [-0.2, -0.15) is 0 Å². The van der Waals surface area contributed by atoms with Gasteiger partial charge in [0.05, 0.1) is 0 Å². The molecule has 1 N–H and O–H groups in total. The number of carbonyl (C=O) groups is 2. The molecule has 0 aliphatic heterocycles. The first kappa shape index (κ1) is 14.6. The Morgan fingerprint density at radius 2 is 1.94 bits per heavy atom. The lowest BCUT2D eigenvalue weighted by molar-refractivity contribution is -0.138. The summed E-state index contributed by atoms with van der Waals surface area (Å²) in [4.78, 5) is 23.4. The summed E-state index contributed by atoms with van der Waals surface area (Å²) in [5, 5.41) is 3.06. The van der Waals surface area contributed by atoms with Crippen LogP contribution in [0, 0.1) is 0 Å². The van der Waals surface area contributed by atoms with Gasteiger partial charge in [-0.05, 0) is 6.92 Å². The van der Waals surface area contributed by atoms with Crippen LogP contribution in [-0.4, -0.2) is 50.1 Å². The highest BCUT2D eigenvalue weighted by Crippen LogP contribution is 1.90. The minimum absolute atomic E-state index is 0.0375. The van der Waals surface area contributed by atoms with Crippen molar-refractivity contribution in [3.05, 3.63) is 12.2 Å². The summed E-state index contributed by atoms with van der Waals surface area (Å²) in [7, 11) is 1.74. The van der Waals surface area contributed by atoms with E-state index in [2.05, 4.69) is 11.9 Å². The maximum atomic E-state index is 11.0. The lowest BCUT2D eigenvalue weighted by Gasteiger charge is -2.14. The minimum atomic E-state index is -0.373. The molecule has 0 unspecified atom stereocenters. The predicted octanol–water partition coefficient (Wildman–Crippen LogP) is 0.174. The van der Waals surface area contributed by atoms with E-state index in [1.165, 1.54) is 6.92 Å². The Morgan fingerprint density at radius 3 is 2.44 bits per heavy atom. The average Bonchev–Trinajstić information content (AvgIpc) is 2.21. The third-order valence-electron chi connectivity index (χ3n) is 2.02.